The molecule has 0 atom stereocenters. The minimum Gasteiger partial charge on any atom is -0.497 e. The fourth-order valence-corrected chi connectivity index (χ4v) is 1.73. The van der Waals surface area contributed by atoms with Gasteiger partial charge in [-0.15, -0.1) is 5.10 Å². The monoisotopic (exact) mass is 216 g/mol. The van der Waals surface area contributed by atoms with Crippen LogP contribution in [0.15, 0.2) is 23.0 Å². The van der Waals surface area contributed by atoms with Crippen LogP contribution < -0.4 is 10.3 Å². The second-order valence-electron chi connectivity index (χ2n) is 3.40. The van der Waals surface area contributed by atoms with Gasteiger partial charge in [0, 0.05) is 10.9 Å². The molecule has 0 aliphatic rings. The topological polar surface area (TPSA) is 83.7 Å². The molecule has 2 N–H and O–H groups in total. The molecule has 0 amide bonds. The number of fused-ring (bicyclic) bond motifs is 3. The van der Waals surface area contributed by atoms with E-state index in [1.165, 1.54) is 0 Å². The van der Waals surface area contributed by atoms with Gasteiger partial charge in [0.25, 0.3) is 5.56 Å². The highest BCUT2D eigenvalue weighted by molar-refractivity contribution is 6.04. The maximum Gasteiger partial charge on any atom is 0.291 e. The van der Waals surface area contributed by atoms with Gasteiger partial charge in [-0.05, 0) is 18.2 Å². The molecule has 0 saturated carbocycles. The van der Waals surface area contributed by atoms with Crippen LogP contribution in [0.5, 0.6) is 5.75 Å². The number of ether oxygens (including phenoxy) is 1. The number of benzene rings is 1. The summed E-state index contributed by atoms with van der Waals surface area (Å²) >= 11 is 0. The zero-order valence-electron chi connectivity index (χ0n) is 8.44. The first-order valence-electron chi connectivity index (χ1n) is 4.70. The highest BCUT2D eigenvalue weighted by Gasteiger charge is 2.09. The molecule has 0 aliphatic carbocycles. The van der Waals surface area contributed by atoms with E-state index in [1.54, 1.807) is 7.11 Å². The zero-order chi connectivity index (χ0) is 11.1. The Morgan fingerprint density at radius 1 is 1.38 bits per heavy atom. The van der Waals surface area contributed by atoms with Crippen LogP contribution in [0.3, 0.4) is 0 Å². The standard InChI is InChI=1S/C10H8N4O2/c1-16-5-2-3-7-6(4-5)8-9(11-7)10(15)13-14-12-8/h2-4,11H,1H3,(H,12,13,15). The third kappa shape index (κ3) is 1.10. The third-order valence-corrected chi connectivity index (χ3v) is 2.51. The van der Waals surface area contributed by atoms with E-state index in [2.05, 4.69) is 20.4 Å². The van der Waals surface area contributed by atoms with Gasteiger partial charge in [-0.2, -0.15) is 0 Å². The van der Waals surface area contributed by atoms with E-state index in [0.29, 0.717) is 11.0 Å². The van der Waals surface area contributed by atoms with E-state index >= 15 is 0 Å². The van der Waals surface area contributed by atoms with Crippen LogP contribution >= 0.6 is 0 Å². The Hall–Kier alpha value is -2.37. The number of aromatic amines is 2. The van der Waals surface area contributed by atoms with Gasteiger partial charge in [-0.1, -0.05) is 5.21 Å². The molecule has 3 rings (SSSR count). The molecule has 80 valence electrons. The Morgan fingerprint density at radius 2 is 2.25 bits per heavy atom. The summed E-state index contributed by atoms with van der Waals surface area (Å²) in [5.41, 5.74) is 1.54. The average molecular weight is 216 g/mol. The van der Waals surface area contributed by atoms with Crippen molar-refractivity contribution < 1.29 is 4.74 Å². The van der Waals surface area contributed by atoms with E-state index in [-0.39, 0.29) is 5.56 Å². The van der Waals surface area contributed by atoms with E-state index in [1.807, 2.05) is 18.2 Å². The smallest absolute Gasteiger partial charge is 0.291 e. The molecule has 0 fully saturated rings. The zero-order valence-corrected chi connectivity index (χ0v) is 8.44. The van der Waals surface area contributed by atoms with Crippen molar-refractivity contribution in [3.8, 4) is 5.75 Å². The molecular weight excluding hydrogens is 208 g/mol. The largest absolute Gasteiger partial charge is 0.497 e. The summed E-state index contributed by atoms with van der Waals surface area (Å²) in [6, 6.07) is 5.48. The van der Waals surface area contributed by atoms with Gasteiger partial charge in [-0.25, -0.2) is 5.10 Å². The molecule has 0 saturated heterocycles. The summed E-state index contributed by atoms with van der Waals surface area (Å²) in [6.45, 7) is 0. The normalized spacial score (nSPS) is 11.1. The quantitative estimate of drug-likeness (QED) is 0.630. The first-order valence-corrected chi connectivity index (χ1v) is 4.70. The molecule has 0 spiro atoms. The maximum absolute atomic E-state index is 11.5. The van der Waals surface area contributed by atoms with E-state index in [4.69, 9.17) is 4.74 Å². The Kier molecular flexibility index (Phi) is 1.70. The Balaban J connectivity index is 2.52. The summed E-state index contributed by atoms with van der Waals surface area (Å²) < 4.78 is 5.12. The molecule has 3 aromatic rings. The van der Waals surface area contributed by atoms with Gasteiger partial charge in [0.1, 0.15) is 16.8 Å². The fraction of sp³-hybridized carbons (Fsp3) is 0.100. The lowest BCUT2D eigenvalue weighted by Gasteiger charge is -1.97. The average Bonchev–Trinajstić information content (AvgIpc) is 2.68. The van der Waals surface area contributed by atoms with Crippen LogP contribution in [0.2, 0.25) is 0 Å². The molecule has 0 radical (unpaired) electrons. The minimum atomic E-state index is -0.278. The highest BCUT2D eigenvalue weighted by atomic mass is 16.5. The van der Waals surface area contributed by atoms with Gasteiger partial charge in [0.15, 0.2) is 0 Å². The highest BCUT2D eigenvalue weighted by Crippen LogP contribution is 2.24. The van der Waals surface area contributed by atoms with Crippen LogP contribution in [0.25, 0.3) is 21.9 Å². The Labute approximate surface area is 89.2 Å². The molecule has 0 unspecified atom stereocenters. The molecule has 2 aromatic heterocycles. The number of H-pyrrole nitrogens is 2. The molecule has 6 heteroatoms. The number of rotatable bonds is 1. The van der Waals surface area contributed by atoms with Gasteiger partial charge < -0.3 is 9.72 Å². The lowest BCUT2D eigenvalue weighted by Crippen LogP contribution is -2.09. The summed E-state index contributed by atoms with van der Waals surface area (Å²) in [4.78, 5) is 14.5. The first-order chi connectivity index (χ1) is 7.79. The summed E-state index contributed by atoms with van der Waals surface area (Å²) in [5.74, 6) is 0.718. The number of hydrogen-bond donors (Lipinski definition) is 2. The van der Waals surface area contributed by atoms with E-state index in [0.717, 1.165) is 16.7 Å². The predicted molar refractivity (Wildman–Crippen MR) is 58.6 cm³/mol. The van der Waals surface area contributed by atoms with E-state index in [9.17, 15) is 4.79 Å². The minimum absolute atomic E-state index is 0.278. The van der Waals surface area contributed by atoms with E-state index < -0.39 is 0 Å². The van der Waals surface area contributed by atoms with Crippen LogP contribution in [-0.2, 0) is 0 Å². The van der Waals surface area contributed by atoms with Gasteiger partial charge in [-0.3, -0.25) is 4.79 Å². The number of methoxy groups -OCH3 is 1. The first kappa shape index (κ1) is 8.90. The van der Waals surface area contributed by atoms with Crippen LogP contribution in [0, 0.1) is 0 Å². The lowest BCUT2D eigenvalue weighted by atomic mass is 10.2. The number of aromatic nitrogens is 4. The van der Waals surface area contributed by atoms with Crippen molar-refractivity contribution in [3.05, 3.63) is 28.6 Å². The maximum atomic E-state index is 11.5. The van der Waals surface area contributed by atoms with Crippen LogP contribution in [-0.4, -0.2) is 27.5 Å². The third-order valence-electron chi connectivity index (χ3n) is 2.51. The van der Waals surface area contributed by atoms with Crippen molar-refractivity contribution in [3.63, 3.8) is 0 Å². The molecule has 0 bridgehead atoms. The number of hydrogen-bond acceptors (Lipinski definition) is 4. The SMILES string of the molecule is COc1ccc2[nH]c3c(=O)[nH]nnc3c2c1. The van der Waals surface area contributed by atoms with Gasteiger partial charge in [0.2, 0.25) is 0 Å². The second-order valence-corrected chi connectivity index (χ2v) is 3.40. The van der Waals surface area contributed by atoms with Crippen molar-refractivity contribution >= 4 is 21.9 Å². The molecule has 1 aromatic carbocycles. The molecular formula is C10H8N4O2. The number of nitrogens with one attached hydrogen (secondary N) is 2. The van der Waals surface area contributed by atoms with Crippen molar-refractivity contribution in [1.29, 1.82) is 0 Å². The molecule has 6 nitrogen and oxygen atoms in total. The summed E-state index contributed by atoms with van der Waals surface area (Å²) in [6.07, 6.45) is 0. The Morgan fingerprint density at radius 3 is 3.06 bits per heavy atom. The molecule has 2 heterocycles. The fourth-order valence-electron chi connectivity index (χ4n) is 1.73. The lowest BCUT2D eigenvalue weighted by molar-refractivity contribution is 0.415. The number of nitrogens with zero attached hydrogens (tertiary/aromatic N) is 2. The van der Waals surface area contributed by atoms with Crippen LogP contribution in [0.4, 0.5) is 0 Å². The predicted octanol–water partition coefficient (Wildman–Crippen LogP) is 0.808. The van der Waals surface area contributed by atoms with Gasteiger partial charge >= 0.3 is 0 Å². The molecule has 16 heavy (non-hydrogen) atoms. The van der Waals surface area contributed by atoms with Crippen molar-refractivity contribution in [2.45, 2.75) is 0 Å². The van der Waals surface area contributed by atoms with Gasteiger partial charge in [0.05, 0.1) is 7.11 Å². The second kappa shape index (κ2) is 3.06. The van der Waals surface area contributed by atoms with Crippen molar-refractivity contribution in [2.24, 2.45) is 0 Å². The summed E-state index contributed by atoms with van der Waals surface area (Å²) in [7, 11) is 1.59. The molecule has 0 aliphatic heterocycles. The van der Waals surface area contributed by atoms with Crippen molar-refractivity contribution in [2.75, 3.05) is 7.11 Å². The Bertz CT molecular complexity index is 728. The summed E-state index contributed by atoms with van der Waals surface area (Å²) in [5, 5.41) is 10.6. The van der Waals surface area contributed by atoms with Crippen LogP contribution in [0.1, 0.15) is 0 Å². The van der Waals surface area contributed by atoms with Crippen molar-refractivity contribution in [1.82, 2.24) is 20.4 Å².